The molecule has 3 aromatic rings. The van der Waals surface area contributed by atoms with Gasteiger partial charge in [0, 0.05) is 29.0 Å². The molecule has 1 amide bonds. The maximum Gasteiger partial charge on any atom is 0.254 e. The number of fused-ring (bicyclic) bond motifs is 1. The number of amides is 1. The van der Waals surface area contributed by atoms with Crippen LogP contribution in [0.2, 0.25) is 5.15 Å². The number of hydrogen-bond acceptors (Lipinski definition) is 2. The van der Waals surface area contributed by atoms with E-state index in [2.05, 4.69) is 20.9 Å². The van der Waals surface area contributed by atoms with Gasteiger partial charge in [-0.1, -0.05) is 45.7 Å². The van der Waals surface area contributed by atoms with E-state index >= 15 is 0 Å². The highest BCUT2D eigenvalue weighted by Crippen LogP contribution is 2.23. The fourth-order valence-corrected chi connectivity index (χ4v) is 3.13. The van der Waals surface area contributed by atoms with Crippen LogP contribution in [0.1, 0.15) is 15.9 Å². The third-order valence-corrected chi connectivity index (χ3v) is 4.36. The average Bonchev–Trinajstić information content (AvgIpc) is 2.56. The molecule has 0 radical (unpaired) electrons. The van der Waals surface area contributed by atoms with Gasteiger partial charge in [-0.05, 0) is 30.3 Å². The highest BCUT2D eigenvalue weighted by Gasteiger charge is 2.18. The highest BCUT2D eigenvalue weighted by molar-refractivity contribution is 9.10. The van der Waals surface area contributed by atoms with Crippen molar-refractivity contribution in [2.24, 2.45) is 0 Å². The van der Waals surface area contributed by atoms with Gasteiger partial charge in [0.2, 0.25) is 0 Å². The maximum atomic E-state index is 13.9. The standard InChI is InChI=1S/C18H13BrClFN2O/c1-23(10-11-8-12(19)6-7-15(11)21)18(24)14-9-17(20)22-16-5-3-2-4-13(14)16/h2-9H,10H2,1H3. The predicted octanol–water partition coefficient (Wildman–Crippen LogP) is 5.06. The molecule has 1 aromatic heterocycles. The van der Waals surface area contributed by atoms with Crippen molar-refractivity contribution in [3.05, 3.63) is 75.1 Å². The number of para-hydroxylation sites is 1. The Labute approximate surface area is 152 Å². The Hall–Kier alpha value is -1.98. The minimum atomic E-state index is -0.351. The van der Waals surface area contributed by atoms with Crippen LogP contribution in [0.15, 0.2) is 53.0 Å². The summed E-state index contributed by atoms with van der Waals surface area (Å²) in [6.07, 6.45) is 0. The van der Waals surface area contributed by atoms with Crippen LogP contribution in [0.25, 0.3) is 10.9 Å². The summed E-state index contributed by atoms with van der Waals surface area (Å²) in [4.78, 5) is 18.5. The molecule has 0 saturated heterocycles. The number of halogens is 3. The summed E-state index contributed by atoms with van der Waals surface area (Å²) in [6.45, 7) is 0.151. The Balaban J connectivity index is 1.95. The number of benzene rings is 2. The van der Waals surface area contributed by atoms with Crippen molar-refractivity contribution in [2.75, 3.05) is 7.05 Å². The molecule has 1 heterocycles. The van der Waals surface area contributed by atoms with Gasteiger partial charge >= 0.3 is 0 Å². The van der Waals surface area contributed by atoms with Crippen molar-refractivity contribution in [3.63, 3.8) is 0 Å². The van der Waals surface area contributed by atoms with Crippen LogP contribution < -0.4 is 0 Å². The largest absolute Gasteiger partial charge is 0.337 e. The van der Waals surface area contributed by atoms with Crippen molar-refractivity contribution in [2.45, 2.75) is 6.54 Å². The molecule has 0 saturated carbocycles. The van der Waals surface area contributed by atoms with E-state index in [0.717, 1.165) is 4.47 Å². The molecule has 3 rings (SSSR count). The van der Waals surface area contributed by atoms with Crippen molar-refractivity contribution >= 4 is 44.3 Å². The first-order valence-corrected chi connectivity index (χ1v) is 8.37. The van der Waals surface area contributed by atoms with Gasteiger partial charge in [-0.3, -0.25) is 4.79 Å². The topological polar surface area (TPSA) is 33.2 Å². The smallest absolute Gasteiger partial charge is 0.254 e. The number of pyridine rings is 1. The molecule has 0 fully saturated rings. The van der Waals surface area contributed by atoms with Gasteiger partial charge < -0.3 is 4.90 Å². The fourth-order valence-electron chi connectivity index (χ4n) is 2.52. The van der Waals surface area contributed by atoms with Gasteiger partial charge in [0.05, 0.1) is 11.1 Å². The summed E-state index contributed by atoms with van der Waals surface area (Å²) in [5, 5.41) is 0.965. The zero-order valence-electron chi connectivity index (χ0n) is 12.8. The molecular formula is C18H13BrClFN2O. The molecule has 0 N–H and O–H groups in total. The second kappa shape index (κ2) is 6.87. The van der Waals surface area contributed by atoms with Crippen molar-refractivity contribution < 1.29 is 9.18 Å². The van der Waals surface area contributed by atoms with Crippen LogP contribution >= 0.6 is 27.5 Å². The van der Waals surface area contributed by atoms with Crippen LogP contribution in [-0.4, -0.2) is 22.8 Å². The van der Waals surface area contributed by atoms with Gasteiger partial charge in [-0.15, -0.1) is 0 Å². The van der Waals surface area contributed by atoms with E-state index in [4.69, 9.17) is 11.6 Å². The molecule has 24 heavy (non-hydrogen) atoms. The maximum absolute atomic E-state index is 13.9. The Bertz CT molecular complexity index is 932. The first-order chi connectivity index (χ1) is 11.5. The second-order valence-corrected chi connectivity index (χ2v) is 6.71. The third-order valence-electron chi connectivity index (χ3n) is 3.68. The number of hydrogen-bond donors (Lipinski definition) is 0. The molecule has 0 spiro atoms. The zero-order chi connectivity index (χ0) is 17.3. The molecular weight excluding hydrogens is 395 g/mol. The quantitative estimate of drug-likeness (QED) is 0.568. The van der Waals surface area contributed by atoms with Crippen LogP contribution in [-0.2, 0) is 6.54 Å². The lowest BCUT2D eigenvalue weighted by Crippen LogP contribution is -2.27. The molecule has 6 heteroatoms. The predicted molar refractivity (Wildman–Crippen MR) is 96.7 cm³/mol. The summed E-state index contributed by atoms with van der Waals surface area (Å²) < 4.78 is 14.7. The minimum absolute atomic E-state index is 0.151. The lowest BCUT2D eigenvalue weighted by Gasteiger charge is -2.19. The Morgan fingerprint density at radius 1 is 1.25 bits per heavy atom. The summed E-state index contributed by atoms with van der Waals surface area (Å²) >= 11 is 9.35. The first-order valence-electron chi connectivity index (χ1n) is 7.20. The number of nitrogens with zero attached hydrogens (tertiary/aromatic N) is 2. The molecule has 0 aliphatic rings. The van der Waals surface area contributed by atoms with Gasteiger partial charge in [0.25, 0.3) is 5.91 Å². The molecule has 0 aliphatic carbocycles. The van der Waals surface area contributed by atoms with Gasteiger partial charge in [0.15, 0.2) is 0 Å². The summed E-state index contributed by atoms with van der Waals surface area (Å²) in [7, 11) is 1.63. The molecule has 0 atom stereocenters. The fraction of sp³-hybridized carbons (Fsp3) is 0.111. The summed E-state index contributed by atoms with van der Waals surface area (Å²) in [5.74, 6) is -0.592. The normalized spacial score (nSPS) is 10.8. The van der Waals surface area contributed by atoms with Crippen molar-refractivity contribution in [1.82, 2.24) is 9.88 Å². The van der Waals surface area contributed by atoms with E-state index in [0.29, 0.717) is 22.0 Å². The van der Waals surface area contributed by atoms with Crippen LogP contribution in [0.4, 0.5) is 4.39 Å². The molecule has 2 aromatic carbocycles. The van der Waals surface area contributed by atoms with E-state index < -0.39 is 0 Å². The first kappa shape index (κ1) is 16.9. The second-order valence-electron chi connectivity index (χ2n) is 5.41. The van der Waals surface area contributed by atoms with E-state index in [1.807, 2.05) is 18.2 Å². The molecule has 0 aliphatic heterocycles. The molecule has 3 nitrogen and oxygen atoms in total. The van der Waals surface area contributed by atoms with Crippen molar-refractivity contribution in [1.29, 1.82) is 0 Å². The highest BCUT2D eigenvalue weighted by atomic mass is 79.9. The van der Waals surface area contributed by atoms with Gasteiger partial charge in [-0.2, -0.15) is 0 Å². The lowest BCUT2D eigenvalue weighted by molar-refractivity contribution is 0.0785. The van der Waals surface area contributed by atoms with Crippen LogP contribution in [0.3, 0.4) is 0 Å². The van der Waals surface area contributed by atoms with E-state index in [1.165, 1.54) is 11.0 Å². The lowest BCUT2D eigenvalue weighted by atomic mass is 10.1. The SMILES string of the molecule is CN(Cc1cc(Br)ccc1F)C(=O)c1cc(Cl)nc2ccccc12. The molecule has 122 valence electrons. The molecule has 0 bridgehead atoms. The van der Waals surface area contributed by atoms with E-state index in [1.54, 1.807) is 31.3 Å². The number of carbonyl (C=O) groups excluding carboxylic acids is 1. The average molecular weight is 408 g/mol. The Kier molecular flexibility index (Phi) is 4.83. The monoisotopic (exact) mass is 406 g/mol. The van der Waals surface area contributed by atoms with E-state index in [-0.39, 0.29) is 23.4 Å². The molecule has 0 unspecified atom stereocenters. The van der Waals surface area contributed by atoms with Gasteiger partial charge in [0.1, 0.15) is 11.0 Å². The number of aromatic nitrogens is 1. The zero-order valence-corrected chi connectivity index (χ0v) is 15.1. The Morgan fingerprint density at radius 3 is 2.79 bits per heavy atom. The Morgan fingerprint density at radius 2 is 2.00 bits per heavy atom. The third kappa shape index (κ3) is 3.42. The van der Waals surface area contributed by atoms with Crippen molar-refractivity contribution in [3.8, 4) is 0 Å². The van der Waals surface area contributed by atoms with E-state index in [9.17, 15) is 9.18 Å². The summed E-state index contributed by atoms with van der Waals surface area (Å²) in [5.41, 5.74) is 1.53. The minimum Gasteiger partial charge on any atom is -0.337 e. The number of carbonyl (C=O) groups is 1. The van der Waals surface area contributed by atoms with Crippen LogP contribution in [0, 0.1) is 5.82 Å². The summed E-state index contributed by atoms with van der Waals surface area (Å²) in [6, 6.07) is 13.5. The number of rotatable bonds is 3. The van der Waals surface area contributed by atoms with Crippen LogP contribution in [0.5, 0.6) is 0 Å². The van der Waals surface area contributed by atoms with Gasteiger partial charge in [-0.25, -0.2) is 9.37 Å².